The minimum atomic E-state index is 0.423. The number of rotatable bonds is 2. The van der Waals surface area contributed by atoms with E-state index in [0.717, 1.165) is 11.1 Å². The summed E-state index contributed by atoms with van der Waals surface area (Å²) in [5, 5.41) is 3.85. The minimum absolute atomic E-state index is 0.423. The van der Waals surface area contributed by atoms with Crippen molar-refractivity contribution in [3.05, 3.63) is 48.7 Å². The number of fused-ring (bicyclic) bond motifs is 1. The van der Waals surface area contributed by atoms with Gasteiger partial charge < -0.3 is 11.1 Å². The molecule has 2 heterocycles. The van der Waals surface area contributed by atoms with Crippen molar-refractivity contribution in [2.75, 3.05) is 11.1 Å². The fourth-order valence-corrected chi connectivity index (χ4v) is 1.69. The van der Waals surface area contributed by atoms with E-state index in [2.05, 4.69) is 20.3 Å². The molecule has 18 heavy (non-hydrogen) atoms. The molecule has 0 aliphatic carbocycles. The summed E-state index contributed by atoms with van der Waals surface area (Å²) in [4.78, 5) is 12.7. The monoisotopic (exact) mass is 237 g/mol. The van der Waals surface area contributed by atoms with Crippen molar-refractivity contribution in [2.45, 2.75) is 0 Å². The normalized spacial score (nSPS) is 10.4. The molecule has 5 heteroatoms. The van der Waals surface area contributed by atoms with Crippen LogP contribution in [0.1, 0.15) is 0 Å². The summed E-state index contributed by atoms with van der Waals surface area (Å²) in [6.07, 6.45) is 1.68. The number of nitrogens with one attached hydrogen (secondary N) is 1. The lowest BCUT2D eigenvalue weighted by atomic mass is 10.3. The molecule has 0 spiro atoms. The second-order valence-electron chi connectivity index (χ2n) is 3.80. The van der Waals surface area contributed by atoms with Crippen LogP contribution in [0.25, 0.3) is 11.0 Å². The number of para-hydroxylation sites is 1. The molecule has 0 radical (unpaired) electrons. The lowest BCUT2D eigenvalue weighted by Crippen LogP contribution is -2.02. The Hall–Kier alpha value is -2.69. The summed E-state index contributed by atoms with van der Waals surface area (Å²) in [5.74, 6) is 0.872. The third kappa shape index (κ3) is 1.93. The zero-order valence-corrected chi connectivity index (χ0v) is 9.54. The minimum Gasteiger partial charge on any atom is -0.383 e. The molecule has 0 unspecified atom stereocenters. The van der Waals surface area contributed by atoms with Gasteiger partial charge in [-0.2, -0.15) is 9.97 Å². The molecule has 0 atom stereocenters. The largest absolute Gasteiger partial charge is 0.383 e. The van der Waals surface area contributed by atoms with E-state index in [9.17, 15) is 0 Å². The summed E-state index contributed by atoms with van der Waals surface area (Å²) in [7, 11) is 0. The first-order valence-corrected chi connectivity index (χ1v) is 5.53. The van der Waals surface area contributed by atoms with Crippen LogP contribution in [0.4, 0.5) is 17.5 Å². The van der Waals surface area contributed by atoms with Gasteiger partial charge in [0, 0.05) is 11.9 Å². The quantitative estimate of drug-likeness (QED) is 0.715. The van der Waals surface area contributed by atoms with Crippen molar-refractivity contribution < 1.29 is 0 Å². The topological polar surface area (TPSA) is 76.7 Å². The summed E-state index contributed by atoms with van der Waals surface area (Å²) in [6.45, 7) is 0. The van der Waals surface area contributed by atoms with E-state index >= 15 is 0 Å². The first-order chi connectivity index (χ1) is 8.83. The SMILES string of the molecule is Nc1nc(Nc2ccccc2)nc2ncccc12. The molecule has 3 aromatic rings. The van der Waals surface area contributed by atoms with E-state index in [0.29, 0.717) is 17.4 Å². The molecule has 0 amide bonds. The van der Waals surface area contributed by atoms with Crippen molar-refractivity contribution in [3.8, 4) is 0 Å². The Labute approximate surface area is 104 Å². The smallest absolute Gasteiger partial charge is 0.231 e. The van der Waals surface area contributed by atoms with Crippen molar-refractivity contribution >= 4 is 28.5 Å². The van der Waals surface area contributed by atoms with E-state index in [1.165, 1.54) is 0 Å². The maximum absolute atomic E-state index is 5.88. The van der Waals surface area contributed by atoms with Crippen molar-refractivity contribution in [2.24, 2.45) is 0 Å². The lowest BCUT2D eigenvalue weighted by Gasteiger charge is -2.06. The molecule has 0 bridgehead atoms. The summed E-state index contributed by atoms with van der Waals surface area (Å²) < 4.78 is 0. The van der Waals surface area contributed by atoms with Gasteiger partial charge in [-0.1, -0.05) is 18.2 Å². The van der Waals surface area contributed by atoms with Gasteiger partial charge >= 0.3 is 0 Å². The zero-order chi connectivity index (χ0) is 12.4. The molecular weight excluding hydrogens is 226 g/mol. The Morgan fingerprint density at radius 3 is 2.61 bits per heavy atom. The van der Waals surface area contributed by atoms with E-state index in [1.54, 1.807) is 6.20 Å². The van der Waals surface area contributed by atoms with Crippen LogP contribution in [0.3, 0.4) is 0 Å². The first-order valence-electron chi connectivity index (χ1n) is 5.53. The number of aromatic nitrogens is 3. The van der Waals surface area contributed by atoms with Crippen LogP contribution >= 0.6 is 0 Å². The fourth-order valence-electron chi connectivity index (χ4n) is 1.69. The third-order valence-electron chi connectivity index (χ3n) is 2.53. The van der Waals surface area contributed by atoms with Crippen LogP contribution in [-0.2, 0) is 0 Å². The van der Waals surface area contributed by atoms with Crippen LogP contribution in [0, 0.1) is 0 Å². The molecule has 0 fully saturated rings. The Bertz CT molecular complexity index is 681. The number of pyridine rings is 1. The number of nitrogens with zero attached hydrogens (tertiary/aromatic N) is 3. The molecule has 5 nitrogen and oxygen atoms in total. The number of nitrogen functional groups attached to an aromatic ring is 1. The predicted octanol–water partition coefficient (Wildman–Crippen LogP) is 2.35. The van der Waals surface area contributed by atoms with Crippen LogP contribution in [0.5, 0.6) is 0 Å². The van der Waals surface area contributed by atoms with Gasteiger partial charge in [-0.15, -0.1) is 0 Å². The van der Waals surface area contributed by atoms with E-state index in [4.69, 9.17) is 5.73 Å². The second kappa shape index (κ2) is 4.29. The van der Waals surface area contributed by atoms with Crippen LogP contribution in [-0.4, -0.2) is 15.0 Å². The number of nitrogens with two attached hydrogens (primary N) is 1. The van der Waals surface area contributed by atoms with E-state index in [-0.39, 0.29) is 0 Å². The maximum atomic E-state index is 5.88. The Kier molecular flexibility index (Phi) is 2.49. The molecule has 88 valence electrons. The van der Waals surface area contributed by atoms with Crippen LogP contribution in [0.15, 0.2) is 48.7 Å². The first kappa shape index (κ1) is 10.5. The average Bonchev–Trinajstić information content (AvgIpc) is 2.40. The van der Waals surface area contributed by atoms with Gasteiger partial charge in [0.25, 0.3) is 0 Å². The number of hydrogen-bond acceptors (Lipinski definition) is 5. The second-order valence-corrected chi connectivity index (χ2v) is 3.80. The number of hydrogen-bond donors (Lipinski definition) is 2. The van der Waals surface area contributed by atoms with E-state index in [1.807, 2.05) is 42.5 Å². The number of anilines is 3. The van der Waals surface area contributed by atoms with Gasteiger partial charge in [0.05, 0.1) is 5.39 Å². The Morgan fingerprint density at radius 2 is 1.78 bits per heavy atom. The van der Waals surface area contributed by atoms with Crippen molar-refractivity contribution in [1.82, 2.24) is 15.0 Å². The molecule has 3 N–H and O–H groups in total. The predicted molar refractivity (Wildman–Crippen MR) is 71.5 cm³/mol. The molecule has 0 saturated heterocycles. The Morgan fingerprint density at radius 1 is 0.944 bits per heavy atom. The zero-order valence-electron chi connectivity index (χ0n) is 9.54. The standard InChI is InChI=1S/C13H11N5/c14-11-10-7-4-8-15-12(10)18-13(17-11)16-9-5-2-1-3-6-9/h1-8H,(H3,14,15,16,17,18). The number of benzene rings is 1. The molecule has 0 aliphatic rings. The summed E-state index contributed by atoms with van der Waals surface area (Å²) in [6, 6.07) is 13.3. The van der Waals surface area contributed by atoms with Crippen molar-refractivity contribution in [3.63, 3.8) is 0 Å². The molecular formula is C13H11N5. The Balaban J connectivity index is 2.03. The van der Waals surface area contributed by atoms with Crippen LogP contribution in [0.2, 0.25) is 0 Å². The average molecular weight is 237 g/mol. The van der Waals surface area contributed by atoms with Gasteiger partial charge in [-0.3, -0.25) is 0 Å². The highest BCUT2D eigenvalue weighted by atomic mass is 15.1. The lowest BCUT2D eigenvalue weighted by molar-refractivity contribution is 1.18. The summed E-state index contributed by atoms with van der Waals surface area (Å²) >= 11 is 0. The van der Waals surface area contributed by atoms with Gasteiger partial charge in [0.1, 0.15) is 5.82 Å². The van der Waals surface area contributed by atoms with Crippen molar-refractivity contribution in [1.29, 1.82) is 0 Å². The van der Waals surface area contributed by atoms with Gasteiger partial charge in [0.2, 0.25) is 5.95 Å². The molecule has 2 aromatic heterocycles. The van der Waals surface area contributed by atoms with Gasteiger partial charge in [-0.05, 0) is 24.3 Å². The van der Waals surface area contributed by atoms with E-state index < -0.39 is 0 Å². The molecule has 1 aromatic carbocycles. The van der Waals surface area contributed by atoms with Gasteiger partial charge in [0.15, 0.2) is 5.65 Å². The third-order valence-corrected chi connectivity index (χ3v) is 2.53. The highest BCUT2D eigenvalue weighted by molar-refractivity contribution is 5.86. The highest BCUT2D eigenvalue weighted by Gasteiger charge is 2.05. The van der Waals surface area contributed by atoms with Crippen LogP contribution < -0.4 is 11.1 Å². The fraction of sp³-hybridized carbons (Fsp3) is 0. The molecule has 0 saturated carbocycles. The molecule has 3 rings (SSSR count). The van der Waals surface area contributed by atoms with Gasteiger partial charge in [-0.25, -0.2) is 4.98 Å². The highest BCUT2D eigenvalue weighted by Crippen LogP contribution is 2.19. The summed E-state index contributed by atoms with van der Waals surface area (Å²) in [5.41, 5.74) is 7.38. The molecule has 0 aliphatic heterocycles. The maximum Gasteiger partial charge on any atom is 0.231 e.